The lowest BCUT2D eigenvalue weighted by Gasteiger charge is -2.09. The molecule has 0 bridgehead atoms. The van der Waals surface area contributed by atoms with Crippen molar-refractivity contribution >= 4 is 16.3 Å². The lowest BCUT2D eigenvalue weighted by molar-refractivity contribution is 1.02. The summed E-state index contributed by atoms with van der Waals surface area (Å²) in [5, 5.41) is 2.68. The van der Waals surface area contributed by atoms with E-state index in [2.05, 4.69) is 66.5 Å². The minimum absolute atomic E-state index is 1.04. The zero-order valence-electron chi connectivity index (χ0n) is 12.3. The van der Waals surface area contributed by atoms with E-state index in [-0.39, 0.29) is 0 Å². The summed E-state index contributed by atoms with van der Waals surface area (Å²) < 4.78 is 0. The van der Waals surface area contributed by atoms with E-state index in [0.717, 1.165) is 12.8 Å². The summed E-state index contributed by atoms with van der Waals surface area (Å²) in [7, 11) is 0. The number of aryl methyl sites for hydroxylation is 1. The topological polar surface area (TPSA) is 12.9 Å². The first-order valence-corrected chi connectivity index (χ1v) is 7.40. The zero-order valence-corrected chi connectivity index (χ0v) is 12.3. The van der Waals surface area contributed by atoms with Crippen molar-refractivity contribution in [1.82, 2.24) is 4.98 Å². The number of hydrogen-bond donors (Lipinski definition) is 0. The first kappa shape index (κ1) is 13.6. The Kier molecular flexibility index (Phi) is 4.11. The van der Waals surface area contributed by atoms with E-state index in [4.69, 9.17) is 0 Å². The molecule has 0 saturated heterocycles. The van der Waals surface area contributed by atoms with E-state index in [1.807, 2.05) is 18.5 Å². The van der Waals surface area contributed by atoms with Gasteiger partial charge in [0.2, 0.25) is 0 Å². The maximum Gasteiger partial charge on any atom is 0.0342 e. The number of aromatic nitrogens is 1. The highest BCUT2D eigenvalue weighted by atomic mass is 14.6. The maximum absolute atomic E-state index is 4.22. The molecule has 3 aromatic rings. The minimum atomic E-state index is 1.04. The summed E-state index contributed by atoms with van der Waals surface area (Å²) in [6, 6.07) is 19.3. The monoisotopic (exact) mass is 273 g/mol. The summed E-state index contributed by atoms with van der Waals surface area (Å²) >= 11 is 0. The fraction of sp³-hybridized carbons (Fsp3) is 0.150. The van der Waals surface area contributed by atoms with Gasteiger partial charge in [-0.25, -0.2) is 0 Å². The third-order valence-electron chi connectivity index (χ3n) is 3.92. The van der Waals surface area contributed by atoms with Gasteiger partial charge in [-0.2, -0.15) is 0 Å². The van der Waals surface area contributed by atoms with Crippen LogP contribution in [-0.4, -0.2) is 4.98 Å². The molecule has 3 rings (SSSR count). The number of hydrogen-bond acceptors (Lipinski definition) is 1. The largest absolute Gasteiger partial charge is 0.264 e. The van der Waals surface area contributed by atoms with Crippen molar-refractivity contribution in [1.29, 1.82) is 0 Å². The Bertz CT molecular complexity index is 752. The van der Waals surface area contributed by atoms with E-state index in [1.54, 1.807) is 0 Å². The van der Waals surface area contributed by atoms with Crippen molar-refractivity contribution in [2.24, 2.45) is 0 Å². The zero-order chi connectivity index (χ0) is 14.5. The molecule has 0 unspecified atom stereocenters. The standard InChI is InChI=1S/C20H19N/c1-2-16(19-10-6-14-21-15-19)12-13-18-9-5-8-17-7-3-4-11-20(17)18/h2-11,14-15H,12-13H2,1H3/b16-2+. The van der Waals surface area contributed by atoms with Crippen molar-refractivity contribution in [3.63, 3.8) is 0 Å². The van der Waals surface area contributed by atoms with Crippen LogP contribution in [0.15, 0.2) is 73.1 Å². The first-order valence-electron chi connectivity index (χ1n) is 7.40. The summed E-state index contributed by atoms with van der Waals surface area (Å²) in [5.74, 6) is 0. The SMILES string of the molecule is C/C=C(\CCc1cccc2ccccc12)c1cccnc1. The molecule has 1 heterocycles. The fourth-order valence-electron chi connectivity index (χ4n) is 2.79. The molecule has 21 heavy (non-hydrogen) atoms. The summed E-state index contributed by atoms with van der Waals surface area (Å²) in [5.41, 5.74) is 3.99. The van der Waals surface area contributed by atoms with E-state index in [9.17, 15) is 0 Å². The van der Waals surface area contributed by atoms with Crippen LogP contribution in [0.1, 0.15) is 24.5 Å². The number of nitrogens with zero attached hydrogens (tertiary/aromatic N) is 1. The van der Waals surface area contributed by atoms with Gasteiger partial charge in [0.1, 0.15) is 0 Å². The molecule has 2 aromatic carbocycles. The van der Waals surface area contributed by atoms with Crippen molar-refractivity contribution in [2.75, 3.05) is 0 Å². The molecule has 0 aliphatic carbocycles. The molecule has 0 atom stereocenters. The lowest BCUT2D eigenvalue weighted by atomic mass is 9.96. The van der Waals surface area contributed by atoms with Crippen molar-refractivity contribution < 1.29 is 0 Å². The number of fused-ring (bicyclic) bond motifs is 1. The summed E-state index contributed by atoms with van der Waals surface area (Å²) in [4.78, 5) is 4.22. The van der Waals surface area contributed by atoms with Crippen LogP contribution in [0.2, 0.25) is 0 Å². The van der Waals surface area contributed by atoms with Crippen molar-refractivity contribution in [3.8, 4) is 0 Å². The molecule has 1 aromatic heterocycles. The average Bonchev–Trinajstić information content (AvgIpc) is 2.56. The van der Waals surface area contributed by atoms with Crippen LogP contribution >= 0.6 is 0 Å². The Morgan fingerprint density at radius 2 is 1.86 bits per heavy atom. The Morgan fingerprint density at radius 1 is 1.00 bits per heavy atom. The van der Waals surface area contributed by atoms with Crippen LogP contribution in [0.4, 0.5) is 0 Å². The number of allylic oxidation sites excluding steroid dienone is 2. The van der Waals surface area contributed by atoms with Crippen LogP contribution in [0.3, 0.4) is 0 Å². The first-order chi connectivity index (χ1) is 10.4. The van der Waals surface area contributed by atoms with E-state index < -0.39 is 0 Å². The molecule has 0 fully saturated rings. The third kappa shape index (κ3) is 3.03. The van der Waals surface area contributed by atoms with Gasteiger partial charge in [0.15, 0.2) is 0 Å². The molecule has 0 aliphatic rings. The lowest BCUT2D eigenvalue weighted by Crippen LogP contribution is -1.91. The highest BCUT2D eigenvalue weighted by Gasteiger charge is 2.04. The van der Waals surface area contributed by atoms with Gasteiger partial charge in [0, 0.05) is 12.4 Å². The second-order valence-corrected chi connectivity index (χ2v) is 5.19. The van der Waals surface area contributed by atoms with E-state index in [1.165, 1.54) is 27.5 Å². The van der Waals surface area contributed by atoms with Crippen molar-refractivity contribution in [2.45, 2.75) is 19.8 Å². The molecule has 104 valence electrons. The number of benzene rings is 2. The van der Waals surface area contributed by atoms with Gasteiger partial charge in [-0.05, 0) is 53.3 Å². The molecule has 1 heteroatoms. The second-order valence-electron chi connectivity index (χ2n) is 5.19. The average molecular weight is 273 g/mol. The molecule has 0 spiro atoms. The fourth-order valence-corrected chi connectivity index (χ4v) is 2.79. The van der Waals surface area contributed by atoms with Gasteiger partial charge in [0.05, 0.1) is 0 Å². The van der Waals surface area contributed by atoms with E-state index >= 15 is 0 Å². The van der Waals surface area contributed by atoms with Gasteiger partial charge in [-0.3, -0.25) is 4.98 Å². The number of rotatable bonds is 4. The molecule has 0 N–H and O–H groups in total. The summed E-state index contributed by atoms with van der Waals surface area (Å²) in [6.45, 7) is 2.10. The molecule has 0 radical (unpaired) electrons. The Hall–Kier alpha value is -2.41. The van der Waals surface area contributed by atoms with Gasteiger partial charge >= 0.3 is 0 Å². The van der Waals surface area contributed by atoms with Gasteiger partial charge in [-0.1, -0.05) is 54.6 Å². The highest BCUT2D eigenvalue weighted by Crippen LogP contribution is 2.24. The second kappa shape index (κ2) is 6.36. The molecule has 1 nitrogen and oxygen atoms in total. The summed E-state index contributed by atoms with van der Waals surface area (Å²) in [6.07, 6.45) is 8.05. The van der Waals surface area contributed by atoms with Gasteiger partial charge in [-0.15, -0.1) is 0 Å². The van der Waals surface area contributed by atoms with Crippen LogP contribution in [0.5, 0.6) is 0 Å². The van der Waals surface area contributed by atoms with E-state index in [0.29, 0.717) is 0 Å². The quantitative estimate of drug-likeness (QED) is 0.631. The highest BCUT2D eigenvalue weighted by molar-refractivity contribution is 5.85. The van der Waals surface area contributed by atoms with Crippen molar-refractivity contribution in [3.05, 3.63) is 84.2 Å². The van der Waals surface area contributed by atoms with Gasteiger partial charge in [0.25, 0.3) is 0 Å². The predicted molar refractivity (Wildman–Crippen MR) is 90.2 cm³/mol. The maximum atomic E-state index is 4.22. The molecular formula is C20H19N. The van der Waals surface area contributed by atoms with Crippen LogP contribution in [-0.2, 0) is 6.42 Å². The number of pyridine rings is 1. The minimum Gasteiger partial charge on any atom is -0.264 e. The van der Waals surface area contributed by atoms with Crippen LogP contribution in [0, 0.1) is 0 Å². The molecule has 0 aliphatic heterocycles. The molecular weight excluding hydrogens is 254 g/mol. The van der Waals surface area contributed by atoms with Crippen LogP contribution < -0.4 is 0 Å². The smallest absolute Gasteiger partial charge is 0.0342 e. The predicted octanol–water partition coefficient (Wildman–Crippen LogP) is 5.27. The van der Waals surface area contributed by atoms with Crippen LogP contribution in [0.25, 0.3) is 16.3 Å². The Morgan fingerprint density at radius 3 is 2.67 bits per heavy atom. The Balaban J connectivity index is 1.83. The molecule has 0 amide bonds. The normalized spacial score (nSPS) is 11.8. The van der Waals surface area contributed by atoms with Gasteiger partial charge < -0.3 is 0 Å². The molecule has 0 saturated carbocycles. The Labute approximate surface area is 126 Å². The third-order valence-corrected chi connectivity index (χ3v) is 3.92.